The fourth-order valence-electron chi connectivity index (χ4n) is 0.754. The van der Waals surface area contributed by atoms with Crippen LogP contribution >= 0.6 is 12.2 Å². The van der Waals surface area contributed by atoms with Gasteiger partial charge in [0.25, 0.3) is 5.91 Å². The van der Waals surface area contributed by atoms with Crippen LogP contribution in [0.5, 0.6) is 0 Å². The molecule has 1 aromatic rings. The molecule has 0 saturated heterocycles. The third-order valence-corrected chi connectivity index (χ3v) is 1.35. The van der Waals surface area contributed by atoms with Crippen molar-refractivity contribution in [2.24, 2.45) is 0 Å². The third kappa shape index (κ3) is 2.32. The maximum absolute atomic E-state index is 11.1. The predicted molar refractivity (Wildman–Crippen MR) is 47.2 cm³/mol. The molecule has 0 unspecified atom stereocenters. The summed E-state index contributed by atoms with van der Waals surface area (Å²) in [5.74, 6) is -0.462. The Morgan fingerprint density at radius 1 is 1.25 bits per heavy atom. The SMILES string of the molecule is [O]C(=S)NC(=O)c1ccccc1. The number of carbonyl (C=O) groups excluding carboxylic acids is 1. The van der Waals surface area contributed by atoms with E-state index in [0.29, 0.717) is 5.56 Å². The monoisotopic (exact) mass is 180 g/mol. The minimum absolute atomic E-state index is 0.427. The Bertz CT molecular complexity index is 297. The van der Waals surface area contributed by atoms with Crippen molar-refractivity contribution in [2.75, 3.05) is 0 Å². The Balaban J connectivity index is 2.73. The van der Waals surface area contributed by atoms with Crippen LogP contribution in [0.2, 0.25) is 0 Å². The molecule has 0 aliphatic heterocycles. The van der Waals surface area contributed by atoms with Gasteiger partial charge >= 0.3 is 5.17 Å². The molecule has 3 nitrogen and oxygen atoms in total. The number of carbonyl (C=O) groups is 1. The molecule has 1 radical (unpaired) electrons. The highest BCUT2D eigenvalue weighted by Crippen LogP contribution is 1.97. The molecule has 0 saturated carbocycles. The van der Waals surface area contributed by atoms with Crippen molar-refractivity contribution in [1.29, 1.82) is 0 Å². The Morgan fingerprint density at radius 2 is 1.83 bits per heavy atom. The smallest absolute Gasteiger partial charge is 0.279 e. The van der Waals surface area contributed by atoms with Crippen LogP contribution in [0.25, 0.3) is 0 Å². The summed E-state index contributed by atoms with van der Waals surface area (Å²) >= 11 is 4.18. The molecule has 1 aromatic carbocycles. The molecule has 0 aliphatic rings. The molecule has 0 aromatic heterocycles. The second-order valence-electron chi connectivity index (χ2n) is 2.11. The van der Waals surface area contributed by atoms with Gasteiger partial charge in [-0.25, -0.2) is 0 Å². The van der Waals surface area contributed by atoms with E-state index in [0.717, 1.165) is 0 Å². The van der Waals surface area contributed by atoms with Crippen LogP contribution in [0.15, 0.2) is 30.3 Å². The van der Waals surface area contributed by atoms with Gasteiger partial charge in [0.1, 0.15) is 0 Å². The number of rotatable bonds is 1. The molecule has 1 N–H and O–H groups in total. The van der Waals surface area contributed by atoms with Crippen molar-refractivity contribution < 1.29 is 9.90 Å². The van der Waals surface area contributed by atoms with E-state index in [-0.39, 0.29) is 0 Å². The van der Waals surface area contributed by atoms with Crippen LogP contribution in [0.3, 0.4) is 0 Å². The lowest BCUT2D eigenvalue weighted by Gasteiger charge is -1.98. The molecule has 0 atom stereocenters. The fraction of sp³-hybridized carbons (Fsp3) is 0. The quantitative estimate of drug-likeness (QED) is 0.658. The summed E-state index contributed by atoms with van der Waals surface area (Å²) in [6, 6.07) is 8.42. The average molecular weight is 180 g/mol. The summed E-state index contributed by atoms with van der Waals surface area (Å²) in [5.41, 5.74) is 0.427. The van der Waals surface area contributed by atoms with Gasteiger partial charge in [-0.15, -0.1) is 0 Å². The van der Waals surface area contributed by atoms with Crippen molar-refractivity contribution in [3.8, 4) is 0 Å². The van der Waals surface area contributed by atoms with Crippen LogP contribution in [0.4, 0.5) is 0 Å². The first kappa shape index (κ1) is 8.67. The number of hydrogen-bond acceptors (Lipinski definition) is 2. The maximum atomic E-state index is 11.1. The van der Waals surface area contributed by atoms with Crippen LogP contribution in [-0.4, -0.2) is 11.1 Å². The van der Waals surface area contributed by atoms with E-state index in [1.165, 1.54) is 0 Å². The number of hydrogen-bond donors (Lipinski definition) is 1. The van der Waals surface area contributed by atoms with Crippen molar-refractivity contribution in [3.63, 3.8) is 0 Å². The molecule has 0 aliphatic carbocycles. The molecule has 0 spiro atoms. The largest absolute Gasteiger partial charge is 0.317 e. The average Bonchev–Trinajstić information content (AvgIpc) is 2.05. The molecular weight excluding hydrogens is 174 g/mol. The molecule has 0 fully saturated rings. The van der Waals surface area contributed by atoms with Crippen molar-refractivity contribution in [2.45, 2.75) is 0 Å². The van der Waals surface area contributed by atoms with Crippen LogP contribution in [0, 0.1) is 0 Å². The Morgan fingerprint density at radius 3 is 2.33 bits per heavy atom. The van der Waals surface area contributed by atoms with Gasteiger partial charge in [0.15, 0.2) is 0 Å². The first-order chi connectivity index (χ1) is 5.70. The van der Waals surface area contributed by atoms with E-state index in [1.54, 1.807) is 30.3 Å². The van der Waals surface area contributed by atoms with Gasteiger partial charge in [-0.3, -0.25) is 15.2 Å². The van der Waals surface area contributed by atoms with Gasteiger partial charge in [0, 0.05) is 5.56 Å². The zero-order valence-electron chi connectivity index (χ0n) is 6.11. The third-order valence-electron chi connectivity index (χ3n) is 1.25. The van der Waals surface area contributed by atoms with Crippen LogP contribution in [-0.2, 0) is 5.11 Å². The normalized spacial score (nSPS) is 9.00. The topological polar surface area (TPSA) is 49.0 Å². The maximum Gasteiger partial charge on any atom is 0.317 e. The Labute approximate surface area is 75.0 Å². The number of nitrogens with one attached hydrogen (secondary N) is 1. The van der Waals surface area contributed by atoms with E-state index in [9.17, 15) is 9.90 Å². The zero-order chi connectivity index (χ0) is 8.97. The minimum Gasteiger partial charge on any atom is -0.279 e. The second kappa shape index (κ2) is 3.82. The van der Waals surface area contributed by atoms with E-state index in [4.69, 9.17) is 0 Å². The summed E-state index contributed by atoms with van der Waals surface area (Å²) < 4.78 is 0. The fourth-order valence-corrected chi connectivity index (χ4v) is 0.847. The summed E-state index contributed by atoms with van der Waals surface area (Å²) in [6.07, 6.45) is 0. The lowest BCUT2D eigenvalue weighted by molar-refractivity contribution is 0.0970. The molecule has 61 valence electrons. The van der Waals surface area contributed by atoms with Crippen LogP contribution in [0.1, 0.15) is 10.4 Å². The highest BCUT2D eigenvalue weighted by atomic mass is 32.1. The Hall–Kier alpha value is -1.42. The van der Waals surface area contributed by atoms with Crippen molar-refractivity contribution >= 4 is 23.3 Å². The molecule has 12 heavy (non-hydrogen) atoms. The number of thiocarbonyl (C=S) groups is 1. The molecule has 1 rings (SSSR count). The van der Waals surface area contributed by atoms with Crippen molar-refractivity contribution in [3.05, 3.63) is 35.9 Å². The van der Waals surface area contributed by atoms with Gasteiger partial charge in [-0.1, -0.05) is 18.2 Å². The molecular formula is C8H6NO2S. The lowest BCUT2D eigenvalue weighted by Crippen LogP contribution is -2.27. The summed E-state index contributed by atoms with van der Waals surface area (Å²) in [4.78, 5) is 11.1. The van der Waals surface area contributed by atoms with Gasteiger partial charge in [0.05, 0.1) is 0 Å². The lowest BCUT2D eigenvalue weighted by atomic mass is 10.2. The molecule has 0 heterocycles. The second-order valence-corrected chi connectivity index (χ2v) is 2.48. The minimum atomic E-state index is -0.760. The molecule has 4 heteroatoms. The van der Waals surface area contributed by atoms with E-state index in [2.05, 4.69) is 12.2 Å². The summed E-state index contributed by atoms with van der Waals surface area (Å²) in [7, 11) is 0. The van der Waals surface area contributed by atoms with E-state index >= 15 is 0 Å². The summed E-state index contributed by atoms with van der Waals surface area (Å²) in [6.45, 7) is 0. The van der Waals surface area contributed by atoms with E-state index in [1.807, 2.05) is 5.32 Å². The first-order valence-corrected chi connectivity index (χ1v) is 3.68. The summed E-state index contributed by atoms with van der Waals surface area (Å²) in [5, 5.41) is 11.5. The number of benzene rings is 1. The highest BCUT2D eigenvalue weighted by Gasteiger charge is 2.05. The van der Waals surface area contributed by atoms with Gasteiger partial charge in [0.2, 0.25) is 0 Å². The van der Waals surface area contributed by atoms with E-state index < -0.39 is 11.1 Å². The highest BCUT2D eigenvalue weighted by molar-refractivity contribution is 7.79. The number of amides is 1. The van der Waals surface area contributed by atoms with Gasteiger partial charge < -0.3 is 0 Å². The van der Waals surface area contributed by atoms with Crippen molar-refractivity contribution in [1.82, 2.24) is 5.32 Å². The Kier molecular flexibility index (Phi) is 2.76. The predicted octanol–water partition coefficient (Wildman–Crippen LogP) is 1.13. The van der Waals surface area contributed by atoms with Crippen LogP contribution < -0.4 is 5.32 Å². The first-order valence-electron chi connectivity index (χ1n) is 3.27. The molecule has 0 bridgehead atoms. The van der Waals surface area contributed by atoms with Gasteiger partial charge in [-0.05, 0) is 24.4 Å². The molecule has 1 amide bonds. The van der Waals surface area contributed by atoms with Gasteiger partial charge in [-0.2, -0.15) is 0 Å². The zero-order valence-corrected chi connectivity index (χ0v) is 6.93. The standard InChI is InChI=1S/C8H6NO2S/c10-7(9-8(11)12)6-4-2-1-3-5-6/h1-5H,(H,9,10,12).